The second kappa shape index (κ2) is 21.7. The quantitative estimate of drug-likeness (QED) is 0.136. The monoisotopic (exact) mass is 530 g/mol. The van der Waals surface area contributed by atoms with E-state index in [9.17, 15) is 0 Å². The van der Waals surface area contributed by atoms with E-state index in [4.69, 9.17) is 32.6 Å². The van der Waals surface area contributed by atoms with Crippen molar-refractivity contribution in [1.29, 1.82) is 0 Å². The number of rotatable bonds is 21. The normalized spacial score (nSPS) is 11.2. The van der Waals surface area contributed by atoms with Crippen molar-refractivity contribution in [3.8, 4) is 0 Å². The molecule has 0 aromatic heterocycles. The van der Waals surface area contributed by atoms with Gasteiger partial charge in [-0.05, 0) is 5.56 Å². The van der Waals surface area contributed by atoms with Crippen LogP contribution < -0.4 is 0 Å². The van der Waals surface area contributed by atoms with Crippen molar-refractivity contribution in [2.75, 3.05) is 79.3 Å². The van der Waals surface area contributed by atoms with E-state index in [1.807, 2.05) is 30.3 Å². The number of ether oxygens (including phenoxy) is 6. The molecule has 0 amide bonds. The van der Waals surface area contributed by atoms with Gasteiger partial charge in [-0.15, -0.1) is 0 Å². The molecule has 28 heavy (non-hydrogen) atoms. The Morgan fingerprint density at radius 2 is 0.929 bits per heavy atom. The molecule has 9 heteroatoms. The molecule has 1 aromatic carbocycles. The van der Waals surface area contributed by atoms with Gasteiger partial charge in [-0.3, -0.25) is 0 Å². The van der Waals surface area contributed by atoms with E-state index in [0.29, 0.717) is 85.9 Å². The Bertz CT molecular complexity index is 428. The predicted molar refractivity (Wildman–Crippen MR) is 118 cm³/mol. The van der Waals surface area contributed by atoms with Crippen LogP contribution in [0.2, 0.25) is 0 Å². The van der Waals surface area contributed by atoms with E-state index < -0.39 is 0 Å². The molecule has 0 atom stereocenters. The van der Waals surface area contributed by atoms with Crippen molar-refractivity contribution < 1.29 is 32.6 Å². The van der Waals surface area contributed by atoms with Crippen molar-refractivity contribution >= 4 is 30.4 Å². The van der Waals surface area contributed by atoms with E-state index in [1.54, 1.807) is 0 Å². The molecular weight excluding hydrogens is 499 g/mol. The summed E-state index contributed by atoms with van der Waals surface area (Å²) in [6.07, 6.45) is 0. The standard InChI is InChI=1S/C19H31IO7S/c20-28-27-17-16-25-13-12-23-9-8-21-6-7-22-10-11-24-14-15-26-18-19-4-2-1-3-5-19/h1-5H,6-18H2. The van der Waals surface area contributed by atoms with Crippen LogP contribution in [0.4, 0.5) is 0 Å². The molecule has 1 rings (SSSR count). The van der Waals surface area contributed by atoms with Gasteiger partial charge >= 0.3 is 0 Å². The molecule has 0 saturated carbocycles. The minimum Gasteiger partial charge on any atom is -0.377 e. The highest BCUT2D eigenvalue weighted by atomic mass is 127. The van der Waals surface area contributed by atoms with Crippen LogP contribution >= 0.6 is 30.4 Å². The summed E-state index contributed by atoms with van der Waals surface area (Å²) in [4.78, 5) is 0. The Kier molecular flexibility index (Phi) is 20.2. The highest BCUT2D eigenvalue weighted by Crippen LogP contribution is 2.10. The van der Waals surface area contributed by atoms with Crippen LogP contribution in [0.1, 0.15) is 5.56 Å². The van der Waals surface area contributed by atoms with Crippen molar-refractivity contribution in [3.63, 3.8) is 0 Å². The average molecular weight is 530 g/mol. The zero-order chi connectivity index (χ0) is 20.0. The lowest BCUT2D eigenvalue weighted by Gasteiger charge is -2.08. The Morgan fingerprint density at radius 1 is 0.536 bits per heavy atom. The summed E-state index contributed by atoms with van der Waals surface area (Å²) < 4.78 is 37.6. The molecule has 0 aliphatic carbocycles. The van der Waals surface area contributed by atoms with Gasteiger partial charge in [-0.1, -0.05) is 30.3 Å². The first kappa shape index (κ1) is 26.1. The molecule has 1 aromatic rings. The number of hydrogen-bond acceptors (Lipinski definition) is 8. The predicted octanol–water partition coefficient (Wildman–Crippen LogP) is 3.30. The maximum Gasteiger partial charge on any atom is 0.0857 e. The van der Waals surface area contributed by atoms with Gasteiger partial charge < -0.3 is 32.6 Å². The van der Waals surface area contributed by atoms with Crippen LogP contribution in [0.5, 0.6) is 0 Å². The third-order valence-corrected chi connectivity index (χ3v) is 4.35. The highest BCUT2D eigenvalue weighted by molar-refractivity contribution is 14.2. The number of benzene rings is 1. The molecule has 0 N–H and O–H groups in total. The molecule has 162 valence electrons. The van der Waals surface area contributed by atoms with Crippen LogP contribution in [0.3, 0.4) is 0 Å². The van der Waals surface area contributed by atoms with Gasteiger partial charge in [0.15, 0.2) is 0 Å². The molecule has 0 fully saturated rings. The van der Waals surface area contributed by atoms with Crippen molar-refractivity contribution in [2.45, 2.75) is 6.61 Å². The van der Waals surface area contributed by atoms with Gasteiger partial charge in [0.2, 0.25) is 0 Å². The number of hydrogen-bond donors (Lipinski definition) is 0. The number of halogens is 1. The largest absolute Gasteiger partial charge is 0.377 e. The van der Waals surface area contributed by atoms with Crippen molar-refractivity contribution in [3.05, 3.63) is 35.9 Å². The molecule has 0 bridgehead atoms. The fourth-order valence-electron chi connectivity index (χ4n) is 1.99. The third-order valence-electron chi connectivity index (χ3n) is 3.33. The molecule has 0 unspecified atom stereocenters. The minimum atomic E-state index is 0.547. The average Bonchev–Trinajstić information content (AvgIpc) is 2.73. The van der Waals surface area contributed by atoms with E-state index >= 15 is 0 Å². The summed E-state index contributed by atoms with van der Waals surface area (Å²) >= 11 is 2.07. The maximum atomic E-state index is 5.54. The topological polar surface area (TPSA) is 64.6 Å². The fourth-order valence-corrected chi connectivity index (χ4v) is 2.66. The lowest BCUT2D eigenvalue weighted by atomic mass is 10.2. The Hall–Kier alpha value is 0.0200. The van der Waals surface area contributed by atoms with E-state index in [2.05, 4.69) is 21.2 Å². The lowest BCUT2D eigenvalue weighted by molar-refractivity contribution is -0.0184. The van der Waals surface area contributed by atoms with Gasteiger partial charge in [0.1, 0.15) is 0 Å². The summed E-state index contributed by atoms with van der Waals surface area (Å²) in [7, 11) is 1.31. The fraction of sp³-hybridized carbons (Fsp3) is 0.684. The first-order valence-corrected chi connectivity index (χ1v) is 12.6. The summed E-state index contributed by atoms with van der Waals surface area (Å²) in [5.41, 5.74) is 1.17. The first-order valence-electron chi connectivity index (χ1n) is 9.34. The van der Waals surface area contributed by atoms with E-state index in [0.717, 1.165) is 0 Å². The van der Waals surface area contributed by atoms with Crippen LogP contribution in [0.25, 0.3) is 0 Å². The molecule has 0 aliphatic rings. The van der Waals surface area contributed by atoms with Crippen LogP contribution in [0.15, 0.2) is 30.3 Å². The summed E-state index contributed by atoms with van der Waals surface area (Å²) in [6.45, 7) is 7.35. The first-order chi connectivity index (χ1) is 13.9. The van der Waals surface area contributed by atoms with Gasteiger partial charge in [-0.2, -0.15) is 0 Å². The molecule has 0 saturated heterocycles. The maximum absolute atomic E-state index is 5.54. The molecule has 0 radical (unpaired) electrons. The molecule has 0 spiro atoms. The van der Waals surface area contributed by atoms with Crippen molar-refractivity contribution in [2.24, 2.45) is 0 Å². The van der Waals surface area contributed by atoms with Crippen LogP contribution in [-0.4, -0.2) is 79.3 Å². The lowest BCUT2D eigenvalue weighted by Crippen LogP contribution is -2.14. The van der Waals surface area contributed by atoms with Crippen molar-refractivity contribution in [1.82, 2.24) is 0 Å². The molecule has 0 heterocycles. The van der Waals surface area contributed by atoms with Crippen LogP contribution in [-0.2, 0) is 39.2 Å². The van der Waals surface area contributed by atoms with Gasteiger partial charge in [0.25, 0.3) is 0 Å². The summed E-state index contributed by atoms with van der Waals surface area (Å²) in [6, 6.07) is 10.1. The second-order valence-electron chi connectivity index (χ2n) is 5.49. The summed E-state index contributed by atoms with van der Waals surface area (Å²) in [5, 5.41) is 0. The Morgan fingerprint density at radius 3 is 1.36 bits per heavy atom. The Labute approximate surface area is 184 Å². The smallest absolute Gasteiger partial charge is 0.0857 e. The minimum absolute atomic E-state index is 0.547. The van der Waals surface area contributed by atoms with E-state index in [1.165, 1.54) is 14.8 Å². The van der Waals surface area contributed by atoms with Gasteiger partial charge in [0, 0.05) is 21.2 Å². The Balaban J connectivity index is 1.67. The van der Waals surface area contributed by atoms with Crippen LogP contribution in [0, 0.1) is 0 Å². The third kappa shape index (κ3) is 18.1. The molecular formula is C19H31IO7S. The zero-order valence-electron chi connectivity index (χ0n) is 16.2. The summed E-state index contributed by atoms with van der Waals surface area (Å²) in [5.74, 6) is 0. The second-order valence-corrected chi connectivity index (χ2v) is 6.93. The highest BCUT2D eigenvalue weighted by Gasteiger charge is 1.95. The molecule has 0 aliphatic heterocycles. The van der Waals surface area contributed by atoms with Gasteiger partial charge in [0.05, 0.1) is 95.1 Å². The van der Waals surface area contributed by atoms with E-state index in [-0.39, 0.29) is 0 Å². The zero-order valence-corrected chi connectivity index (χ0v) is 19.2. The molecule has 7 nitrogen and oxygen atoms in total. The van der Waals surface area contributed by atoms with Gasteiger partial charge in [-0.25, -0.2) is 0 Å². The SMILES string of the molecule is ISOCCOCCOCCOCCOCCOCCOCc1ccccc1.